The number of halogens is 2. The average molecular weight is 1200 g/mol. The monoisotopic (exact) mass is 1210 g/mol. The van der Waals surface area contributed by atoms with E-state index in [1.165, 1.54) is 18.2 Å². The third-order valence-corrected chi connectivity index (χ3v) is 19.0. The zero-order valence-electron chi connectivity index (χ0n) is 51.1. The maximum atomic E-state index is 16.5. The van der Waals surface area contributed by atoms with Crippen molar-refractivity contribution in [3.05, 3.63) is 150 Å². The van der Waals surface area contributed by atoms with Crippen LogP contribution in [0.4, 0.5) is 8.78 Å². The second-order valence-corrected chi connectivity index (χ2v) is 25.4. The Kier molecular flexibility index (Phi) is 22.1. The fraction of sp³-hybridized carbons (Fsp3) is 0.170. The maximum absolute atomic E-state index is 16.5. The van der Waals surface area contributed by atoms with E-state index in [9.17, 15) is 0 Å². The van der Waals surface area contributed by atoms with E-state index in [-0.39, 0.29) is 95.8 Å². The van der Waals surface area contributed by atoms with Gasteiger partial charge in [-0.05, 0) is 129 Å². The summed E-state index contributed by atoms with van der Waals surface area (Å²) in [7, 11) is 92.7. The van der Waals surface area contributed by atoms with Crippen molar-refractivity contribution in [2.24, 2.45) is 0 Å². The number of benzene rings is 4. The van der Waals surface area contributed by atoms with Gasteiger partial charge in [0.2, 0.25) is 0 Å². The Labute approximate surface area is 582 Å². The molecular formula is C53H38B30CuF2N4O3. The summed E-state index contributed by atoms with van der Waals surface area (Å²) in [4.78, 5) is 21.4. The third-order valence-electron chi connectivity index (χ3n) is 19.0. The molecule has 8 bridgehead atoms. The molecule has 12 rings (SSSR count). The molecule has 5 aliphatic rings. The quantitative estimate of drug-likeness (QED) is 0.0804. The minimum atomic E-state index is -0.802. The van der Waals surface area contributed by atoms with Gasteiger partial charge in [-0.15, -0.1) is 22.1 Å². The molecule has 5 aliphatic heterocycles. The van der Waals surface area contributed by atoms with E-state index in [4.69, 9.17) is 150 Å². The molecule has 3 aromatic heterocycles. The van der Waals surface area contributed by atoms with Gasteiger partial charge in [0.05, 0.1) is 68.0 Å². The third kappa shape index (κ3) is 15.2. The molecule has 4 aromatic carbocycles. The molecule has 403 valence electrons. The van der Waals surface area contributed by atoms with Crippen molar-refractivity contribution in [3.63, 3.8) is 0 Å². The van der Waals surface area contributed by atoms with Crippen LogP contribution in [-0.4, -0.2) is 242 Å². The van der Waals surface area contributed by atoms with E-state index < -0.39 is 69.1 Å². The number of aromatic nitrogens is 4. The van der Waals surface area contributed by atoms with Crippen LogP contribution in [-0.2, 0) is 17.1 Å². The fourth-order valence-corrected chi connectivity index (χ4v) is 13.9. The van der Waals surface area contributed by atoms with Crippen LogP contribution in [0.15, 0.2) is 115 Å². The summed E-state index contributed by atoms with van der Waals surface area (Å²) in [5.74, 6) is 0.445. The molecule has 0 aliphatic carbocycles. The van der Waals surface area contributed by atoms with Crippen LogP contribution >= 0.6 is 0 Å². The molecule has 7 nitrogen and oxygen atoms in total. The predicted octanol–water partition coefficient (Wildman–Crippen LogP) is 1.49. The van der Waals surface area contributed by atoms with E-state index in [0.29, 0.717) is 98.5 Å². The van der Waals surface area contributed by atoms with E-state index in [1.54, 1.807) is 12.1 Å². The van der Waals surface area contributed by atoms with Crippen molar-refractivity contribution in [2.45, 2.75) is 36.4 Å². The standard InChI is InChI=1S/C53H38B30F2N4O3.Cu/c54-72(55)78(66)81(75(60)61)69-24-33(69)27-90-36-8-1-5-30(21-36)49-41-13-15-43(86-41)50(31-6-2-9-37(22-31)91-28-34-25-70(34)82(76(62)63)79(67)73(56)57)45-17-19-47(88-45)53(52-39(84)11-4-12-40(52)85)48-20-18-46(89-48)51(44-16-14-42(49)87-44)32-7-3-10-38(23-32)92-29-35-26-71(35)83(77(64)65)80(68)74(58)59;/h1-23,33-35H,24-29H2;/q-2;+2. The average Bonchev–Trinajstić information content (AvgIpc) is 1.66. The first-order chi connectivity index (χ1) is 44.1. The van der Waals surface area contributed by atoms with E-state index >= 15 is 8.78 Å². The van der Waals surface area contributed by atoms with Crippen LogP contribution in [0.25, 0.3) is 90.9 Å². The molecule has 3 fully saturated rings. The van der Waals surface area contributed by atoms with Crippen LogP contribution in [0.2, 0.25) is 36.4 Å². The summed E-state index contributed by atoms with van der Waals surface area (Å²) in [6, 6.07) is 34.1. The van der Waals surface area contributed by atoms with E-state index in [2.05, 4.69) is 0 Å². The van der Waals surface area contributed by atoms with E-state index in [1.807, 2.05) is 109 Å². The molecule has 0 amide bonds. The van der Waals surface area contributed by atoms with Gasteiger partial charge in [0.25, 0.3) is 0 Å². The van der Waals surface area contributed by atoms with Gasteiger partial charge in [0.15, 0.2) is 0 Å². The Balaban J connectivity index is 0.00000884. The van der Waals surface area contributed by atoms with Crippen molar-refractivity contribution in [1.29, 1.82) is 0 Å². The number of hydrogen-bond acceptors (Lipinski definition) is 5. The Hall–Kier alpha value is -4.79. The summed E-state index contributed by atoms with van der Waals surface area (Å²) in [6.07, 6.45) is 2.54. The summed E-state index contributed by atoms with van der Waals surface area (Å²) >= 11 is 0. The fourth-order valence-electron chi connectivity index (χ4n) is 13.9. The van der Waals surface area contributed by atoms with Crippen molar-refractivity contribution >= 4 is 259 Å². The Morgan fingerprint density at radius 3 is 0.946 bits per heavy atom. The van der Waals surface area contributed by atoms with Crippen LogP contribution in [0, 0.1) is 11.6 Å². The molecule has 0 saturated carbocycles. The maximum Gasteiger partial charge on any atom is 2.00 e. The Morgan fingerprint density at radius 1 is 0.376 bits per heavy atom. The summed E-state index contributed by atoms with van der Waals surface area (Å²) in [6.45, 7) is 1.27. The SMILES string of the molecule is [B]B([B])B([B])B(B([B])[B])B1CC1COc1cccc(-c2c3nc(c(-c4cccc(OCC5CB5B(B([B])[B])B([B])B([B])[B])c4)c4ccc([n-]4)c(-c4c(F)cccc4F)c4nc(c(-c5cccc(OCC6CB6B(B([B])[B])B([B])B([B])[B])c5)c5ccc2[n-]5)C=C4)C=C3)c1.[Cu+2]. The van der Waals surface area contributed by atoms with Gasteiger partial charge in [-0.2, -0.15) is 0 Å². The molecule has 8 heterocycles. The molecule has 0 spiro atoms. The Bertz CT molecular complexity index is 4010. The molecule has 7 aromatic rings. The van der Waals surface area contributed by atoms with Crippen molar-refractivity contribution in [1.82, 2.24) is 19.9 Å². The normalized spacial score (nSPS) is 15.5. The van der Waals surface area contributed by atoms with Gasteiger partial charge in [0.1, 0.15) is 28.9 Å². The molecule has 3 unspecified atom stereocenters. The molecule has 93 heavy (non-hydrogen) atoms. The van der Waals surface area contributed by atoms with Gasteiger partial charge < -0.3 is 24.2 Å². The van der Waals surface area contributed by atoms with Crippen LogP contribution in [0.5, 0.6) is 17.2 Å². The number of fused-ring (bicyclic) bond motifs is 8. The second-order valence-electron chi connectivity index (χ2n) is 25.4. The Morgan fingerprint density at radius 2 is 0.656 bits per heavy atom. The first-order valence-electron chi connectivity index (χ1n) is 31.2. The summed E-state index contributed by atoms with van der Waals surface area (Å²) in [5.41, 5.74) is 7.46. The number of nitrogens with zero attached hydrogens (tertiary/aromatic N) is 4. The summed E-state index contributed by atoms with van der Waals surface area (Å²) in [5, 5.41) is 0. The second kappa shape index (κ2) is 29.5. The van der Waals surface area contributed by atoms with Crippen molar-refractivity contribution < 1.29 is 40.1 Å². The summed E-state index contributed by atoms with van der Waals surface area (Å²) < 4.78 is 52.6. The largest absolute Gasteiger partial charge is 2.00 e. The van der Waals surface area contributed by atoms with Gasteiger partial charge in [-0.25, -0.2) is 18.7 Å². The van der Waals surface area contributed by atoms with Gasteiger partial charge in [0, 0.05) is 193 Å². The topological polar surface area (TPSA) is 81.7 Å². The number of hydrogen-bond donors (Lipinski definition) is 0. The van der Waals surface area contributed by atoms with Gasteiger partial charge in [-0.1, -0.05) is 85.7 Å². The molecule has 40 heteroatoms. The molecule has 31 radical (unpaired) electrons. The van der Waals surface area contributed by atoms with Gasteiger partial charge in [-0.3, -0.25) is 0 Å². The van der Waals surface area contributed by atoms with Gasteiger partial charge >= 0.3 is 17.1 Å². The van der Waals surface area contributed by atoms with Crippen molar-refractivity contribution in [2.75, 3.05) is 19.8 Å². The molecule has 0 N–H and O–H groups in total. The first-order valence-corrected chi connectivity index (χ1v) is 31.2. The van der Waals surface area contributed by atoms with Crippen LogP contribution < -0.4 is 24.2 Å². The predicted molar refractivity (Wildman–Crippen MR) is 413 cm³/mol. The molecule has 3 atom stereocenters. The minimum Gasteiger partial charge on any atom is -0.657 e. The van der Waals surface area contributed by atoms with Crippen LogP contribution in [0.3, 0.4) is 0 Å². The minimum absolute atomic E-state index is 0. The van der Waals surface area contributed by atoms with Crippen LogP contribution in [0.1, 0.15) is 22.8 Å². The molecule has 3 saturated heterocycles. The zero-order valence-corrected chi connectivity index (χ0v) is 52.1. The number of rotatable bonds is 25. The van der Waals surface area contributed by atoms with E-state index in [0.717, 1.165) is 24.5 Å². The molecular weight excluding hydrogens is 1170 g/mol. The first kappa shape index (κ1) is 69.6. The number of ether oxygens (including phenoxy) is 3. The van der Waals surface area contributed by atoms with Crippen molar-refractivity contribution in [3.8, 4) is 61.8 Å². The smallest absolute Gasteiger partial charge is 0.657 e. The zero-order chi connectivity index (χ0) is 65.0.